The standard InChI is InChI=1S/C12H16F3N3O2.C2H6/c1-8(2)10(19)17-3-5-18(6-4-17)11-16-9(7-20-11)12(13,14)15;1-2/h7-8H,3-6H2,1-2H3;1-2H3. The van der Waals surface area contributed by atoms with Crippen molar-refractivity contribution in [1.82, 2.24) is 9.88 Å². The van der Waals surface area contributed by atoms with Gasteiger partial charge in [0.15, 0.2) is 5.69 Å². The van der Waals surface area contributed by atoms with E-state index in [1.54, 1.807) is 9.80 Å². The monoisotopic (exact) mass is 321 g/mol. The van der Waals surface area contributed by atoms with Crippen molar-refractivity contribution in [3.05, 3.63) is 12.0 Å². The molecule has 1 saturated heterocycles. The molecule has 0 atom stereocenters. The summed E-state index contributed by atoms with van der Waals surface area (Å²) in [6.45, 7) is 9.38. The molecular weight excluding hydrogens is 299 g/mol. The summed E-state index contributed by atoms with van der Waals surface area (Å²) in [6, 6.07) is -0.0472. The maximum atomic E-state index is 12.4. The Morgan fingerprint density at radius 2 is 1.77 bits per heavy atom. The lowest BCUT2D eigenvalue weighted by molar-refractivity contribution is -0.141. The van der Waals surface area contributed by atoms with Crippen molar-refractivity contribution in [3.8, 4) is 0 Å². The Hall–Kier alpha value is -1.73. The number of hydrogen-bond donors (Lipinski definition) is 0. The van der Waals surface area contributed by atoms with Gasteiger partial charge in [-0.3, -0.25) is 4.79 Å². The SMILES string of the molecule is CC.CC(C)C(=O)N1CCN(c2nc(C(F)(F)F)co2)CC1. The molecule has 0 radical (unpaired) electrons. The van der Waals surface area contributed by atoms with Gasteiger partial charge >= 0.3 is 6.18 Å². The molecule has 1 aliphatic heterocycles. The van der Waals surface area contributed by atoms with Crippen molar-refractivity contribution in [2.24, 2.45) is 5.92 Å². The number of alkyl halides is 3. The Morgan fingerprint density at radius 3 is 2.18 bits per heavy atom. The smallest absolute Gasteiger partial charge is 0.431 e. The van der Waals surface area contributed by atoms with Crippen LogP contribution in [0.1, 0.15) is 33.4 Å². The van der Waals surface area contributed by atoms with Crippen LogP contribution in [0.4, 0.5) is 19.2 Å². The number of halogens is 3. The number of rotatable bonds is 2. The number of piperazine rings is 1. The van der Waals surface area contributed by atoms with E-state index in [-0.39, 0.29) is 17.8 Å². The number of oxazole rings is 1. The van der Waals surface area contributed by atoms with Crippen LogP contribution in [-0.4, -0.2) is 42.0 Å². The topological polar surface area (TPSA) is 49.6 Å². The molecule has 1 aromatic rings. The van der Waals surface area contributed by atoms with Crippen LogP contribution in [0.25, 0.3) is 0 Å². The molecule has 2 rings (SSSR count). The summed E-state index contributed by atoms with van der Waals surface area (Å²) < 4.78 is 42.2. The second kappa shape index (κ2) is 7.51. The molecule has 5 nitrogen and oxygen atoms in total. The van der Waals surface area contributed by atoms with Crippen LogP contribution in [0.15, 0.2) is 10.7 Å². The summed E-state index contributed by atoms with van der Waals surface area (Å²) in [5.74, 6) is -0.0341. The number of amides is 1. The van der Waals surface area contributed by atoms with Gasteiger partial charge in [0.05, 0.1) is 0 Å². The highest BCUT2D eigenvalue weighted by molar-refractivity contribution is 5.78. The first-order chi connectivity index (χ1) is 10.3. The predicted molar refractivity (Wildman–Crippen MR) is 76.5 cm³/mol. The number of nitrogens with zero attached hydrogens (tertiary/aromatic N) is 3. The van der Waals surface area contributed by atoms with E-state index in [0.717, 1.165) is 0 Å². The number of carbonyl (C=O) groups excluding carboxylic acids is 1. The zero-order chi connectivity index (χ0) is 16.9. The minimum Gasteiger partial charge on any atom is -0.431 e. The molecule has 1 fully saturated rings. The molecule has 0 bridgehead atoms. The van der Waals surface area contributed by atoms with Gasteiger partial charge in [-0.2, -0.15) is 18.2 Å². The summed E-state index contributed by atoms with van der Waals surface area (Å²) in [5, 5.41) is 0. The van der Waals surface area contributed by atoms with E-state index in [1.807, 2.05) is 27.7 Å². The quantitative estimate of drug-likeness (QED) is 0.840. The first kappa shape index (κ1) is 18.3. The van der Waals surface area contributed by atoms with Crippen LogP contribution in [0.5, 0.6) is 0 Å². The van der Waals surface area contributed by atoms with Crippen LogP contribution in [0, 0.1) is 5.92 Å². The molecular formula is C14H22F3N3O2. The lowest BCUT2D eigenvalue weighted by Gasteiger charge is -2.34. The second-order valence-electron chi connectivity index (χ2n) is 4.98. The van der Waals surface area contributed by atoms with E-state index in [9.17, 15) is 18.0 Å². The Labute approximate surface area is 128 Å². The highest BCUT2D eigenvalue weighted by Crippen LogP contribution is 2.30. The van der Waals surface area contributed by atoms with Gasteiger partial charge in [0.2, 0.25) is 5.91 Å². The Balaban J connectivity index is 0.00000116. The Kier molecular flexibility index (Phi) is 6.25. The average Bonchev–Trinajstić information content (AvgIpc) is 2.98. The van der Waals surface area contributed by atoms with Crippen LogP contribution < -0.4 is 4.90 Å². The largest absolute Gasteiger partial charge is 0.436 e. The fourth-order valence-corrected chi connectivity index (χ4v) is 2.02. The van der Waals surface area contributed by atoms with E-state index in [0.29, 0.717) is 32.4 Å². The van der Waals surface area contributed by atoms with Gasteiger partial charge in [0.1, 0.15) is 6.26 Å². The molecule has 8 heteroatoms. The normalized spacial score (nSPS) is 15.6. The minimum atomic E-state index is -4.50. The molecule has 1 aromatic heterocycles. The Bertz CT molecular complexity index is 478. The summed E-state index contributed by atoms with van der Waals surface area (Å²) in [6.07, 6.45) is -3.89. The number of aromatic nitrogens is 1. The van der Waals surface area contributed by atoms with Gasteiger partial charge < -0.3 is 14.2 Å². The van der Waals surface area contributed by atoms with Crippen molar-refractivity contribution in [2.45, 2.75) is 33.9 Å². The van der Waals surface area contributed by atoms with Crippen molar-refractivity contribution in [2.75, 3.05) is 31.1 Å². The summed E-state index contributed by atoms with van der Waals surface area (Å²) in [5.41, 5.74) is -1.03. The van der Waals surface area contributed by atoms with Gasteiger partial charge in [-0.1, -0.05) is 27.7 Å². The summed E-state index contributed by atoms with van der Waals surface area (Å²) in [7, 11) is 0. The van der Waals surface area contributed by atoms with E-state index in [1.165, 1.54) is 0 Å². The zero-order valence-electron chi connectivity index (χ0n) is 13.3. The van der Waals surface area contributed by atoms with Crippen molar-refractivity contribution >= 4 is 11.9 Å². The third kappa shape index (κ3) is 4.38. The van der Waals surface area contributed by atoms with E-state index in [2.05, 4.69) is 4.98 Å². The molecule has 0 aromatic carbocycles. The van der Waals surface area contributed by atoms with Crippen LogP contribution in [-0.2, 0) is 11.0 Å². The molecule has 0 N–H and O–H groups in total. The highest BCUT2D eigenvalue weighted by Gasteiger charge is 2.36. The van der Waals surface area contributed by atoms with Gasteiger partial charge in [0.25, 0.3) is 6.01 Å². The van der Waals surface area contributed by atoms with E-state index in [4.69, 9.17) is 4.42 Å². The van der Waals surface area contributed by atoms with E-state index < -0.39 is 11.9 Å². The summed E-state index contributed by atoms with van der Waals surface area (Å²) >= 11 is 0. The molecule has 1 aliphatic rings. The molecule has 2 heterocycles. The molecule has 22 heavy (non-hydrogen) atoms. The third-order valence-corrected chi connectivity index (χ3v) is 3.14. The highest BCUT2D eigenvalue weighted by atomic mass is 19.4. The number of carbonyl (C=O) groups is 1. The van der Waals surface area contributed by atoms with Crippen molar-refractivity contribution in [3.63, 3.8) is 0 Å². The molecule has 0 saturated carbocycles. The minimum absolute atomic E-state index is 0.0472. The molecule has 0 spiro atoms. The average molecular weight is 321 g/mol. The fraction of sp³-hybridized carbons (Fsp3) is 0.714. The van der Waals surface area contributed by atoms with Crippen LogP contribution in [0.3, 0.4) is 0 Å². The van der Waals surface area contributed by atoms with Crippen molar-refractivity contribution < 1.29 is 22.4 Å². The maximum Gasteiger partial charge on any atom is 0.436 e. The van der Waals surface area contributed by atoms with Crippen LogP contribution >= 0.6 is 0 Å². The number of anilines is 1. The lowest BCUT2D eigenvalue weighted by atomic mass is 10.1. The van der Waals surface area contributed by atoms with E-state index >= 15 is 0 Å². The van der Waals surface area contributed by atoms with Crippen molar-refractivity contribution in [1.29, 1.82) is 0 Å². The maximum absolute atomic E-state index is 12.4. The van der Waals surface area contributed by atoms with Gasteiger partial charge in [-0.25, -0.2) is 0 Å². The van der Waals surface area contributed by atoms with Gasteiger partial charge in [-0.15, -0.1) is 0 Å². The third-order valence-electron chi connectivity index (χ3n) is 3.14. The molecule has 0 unspecified atom stereocenters. The molecule has 126 valence electrons. The first-order valence-electron chi connectivity index (χ1n) is 7.35. The summed E-state index contributed by atoms with van der Waals surface area (Å²) in [4.78, 5) is 18.6. The van der Waals surface area contributed by atoms with Gasteiger partial charge in [0, 0.05) is 32.1 Å². The van der Waals surface area contributed by atoms with Gasteiger partial charge in [-0.05, 0) is 0 Å². The van der Waals surface area contributed by atoms with Crippen LogP contribution in [0.2, 0.25) is 0 Å². The zero-order valence-corrected chi connectivity index (χ0v) is 13.3. The molecule has 1 amide bonds. The molecule has 0 aliphatic carbocycles. The Morgan fingerprint density at radius 1 is 1.23 bits per heavy atom. The first-order valence-corrected chi connectivity index (χ1v) is 7.35. The number of hydrogen-bond acceptors (Lipinski definition) is 4. The fourth-order valence-electron chi connectivity index (χ4n) is 2.02. The second-order valence-corrected chi connectivity index (χ2v) is 4.98. The predicted octanol–water partition coefficient (Wildman–Crippen LogP) is 3.02. The lowest BCUT2D eigenvalue weighted by Crippen LogP contribution is -2.50.